The van der Waals surface area contributed by atoms with Gasteiger partial charge < -0.3 is 4.74 Å². The summed E-state index contributed by atoms with van der Waals surface area (Å²) in [5.74, 6) is -0.942. The summed E-state index contributed by atoms with van der Waals surface area (Å²) >= 11 is 0. The smallest absolute Gasteiger partial charge is 0.319 e. The number of nitriles is 1. The Balaban J connectivity index is 2.76. The molecule has 0 fully saturated rings. The molecule has 96 valence electrons. The summed E-state index contributed by atoms with van der Waals surface area (Å²) in [6.45, 7) is 4.76. The van der Waals surface area contributed by atoms with Crippen molar-refractivity contribution in [1.82, 2.24) is 14.8 Å². The van der Waals surface area contributed by atoms with Gasteiger partial charge in [-0.15, -0.1) is 5.10 Å². The maximum Gasteiger partial charge on any atom is 0.319 e. The number of carbonyl (C=O) groups is 2. The molecule has 0 bridgehead atoms. The number of carbonyl (C=O) groups excluding carboxylic acids is 2. The van der Waals surface area contributed by atoms with Gasteiger partial charge >= 0.3 is 5.97 Å². The van der Waals surface area contributed by atoms with E-state index >= 15 is 0 Å². The topological polar surface area (TPSA) is 97.9 Å². The molecule has 0 atom stereocenters. The number of ether oxygens (including phenoxy) is 1. The predicted octanol–water partition coefficient (Wildman–Crippen LogP) is 0.308. The first-order chi connectivity index (χ1) is 8.41. The summed E-state index contributed by atoms with van der Waals surface area (Å²) in [4.78, 5) is 27.3. The van der Waals surface area contributed by atoms with Crippen LogP contribution in [0.5, 0.6) is 0 Å². The fraction of sp³-hybridized carbons (Fsp3) is 0.545. The number of Topliss-reactive ketones (excluding diaryl/α,β-unsaturated/α-hetero) is 1. The van der Waals surface area contributed by atoms with E-state index in [0.29, 0.717) is 0 Å². The minimum absolute atomic E-state index is 0.0169. The highest BCUT2D eigenvalue weighted by molar-refractivity contribution is 6.02. The number of nitrogens with zero attached hydrogens (tertiary/aromatic N) is 4. The first-order valence-electron chi connectivity index (χ1n) is 5.42. The van der Waals surface area contributed by atoms with Gasteiger partial charge in [-0.3, -0.25) is 9.59 Å². The van der Waals surface area contributed by atoms with Crippen LogP contribution in [0.25, 0.3) is 0 Å². The average molecular weight is 250 g/mol. The second-order valence-corrected chi connectivity index (χ2v) is 4.15. The number of ketones is 1. The largest absolute Gasteiger partial charge is 0.465 e. The Morgan fingerprint density at radius 3 is 2.72 bits per heavy atom. The minimum atomic E-state index is -1.24. The summed E-state index contributed by atoms with van der Waals surface area (Å²) in [6, 6.07) is 1.76. The molecule has 1 rings (SSSR count). The summed E-state index contributed by atoms with van der Waals surface area (Å²) in [5, 5.41) is 12.3. The number of hydrogen-bond acceptors (Lipinski definition) is 6. The number of hydrogen-bond donors (Lipinski definition) is 0. The molecule has 0 spiro atoms. The first-order valence-corrected chi connectivity index (χ1v) is 5.42. The van der Waals surface area contributed by atoms with Gasteiger partial charge in [0.1, 0.15) is 24.4 Å². The number of rotatable bonds is 5. The highest BCUT2D eigenvalue weighted by Gasteiger charge is 2.37. The Labute approximate surface area is 104 Å². The van der Waals surface area contributed by atoms with Gasteiger partial charge in [-0.2, -0.15) is 5.26 Å². The van der Waals surface area contributed by atoms with E-state index in [4.69, 9.17) is 10.00 Å². The molecular weight excluding hydrogens is 236 g/mol. The van der Waals surface area contributed by atoms with E-state index in [2.05, 4.69) is 10.1 Å². The molecule has 0 aliphatic carbocycles. The third kappa shape index (κ3) is 2.91. The normalized spacial score (nSPS) is 10.8. The van der Waals surface area contributed by atoms with Crippen LogP contribution in [0.15, 0.2) is 6.33 Å². The Kier molecular flexibility index (Phi) is 4.15. The fourth-order valence-electron chi connectivity index (χ4n) is 1.19. The van der Waals surface area contributed by atoms with Gasteiger partial charge in [0.25, 0.3) is 5.82 Å². The molecule has 7 heteroatoms. The molecule has 0 aliphatic heterocycles. The Bertz CT molecular complexity index is 499. The van der Waals surface area contributed by atoms with Crippen LogP contribution in [-0.2, 0) is 20.9 Å². The second kappa shape index (κ2) is 5.40. The van der Waals surface area contributed by atoms with Gasteiger partial charge in [0.05, 0.1) is 6.61 Å². The lowest BCUT2D eigenvalue weighted by molar-refractivity contribution is -0.158. The number of aromatic nitrogens is 3. The lowest BCUT2D eigenvalue weighted by atomic mass is 9.88. The second-order valence-electron chi connectivity index (χ2n) is 4.15. The third-order valence-corrected chi connectivity index (χ3v) is 2.42. The van der Waals surface area contributed by atoms with Gasteiger partial charge in [-0.1, -0.05) is 0 Å². The molecule has 0 saturated heterocycles. The van der Waals surface area contributed by atoms with Crippen LogP contribution in [0, 0.1) is 16.7 Å². The molecular formula is C11H14N4O3. The number of esters is 1. The van der Waals surface area contributed by atoms with Crippen molar-refractivity contribution in [2.45, 2.75) is 27.3 Å². The van der Waals surface area contributed by atoms with Crippen molar-refractivity contribution < 1.29 is 14.3 Å². The van der Waals surface area contributed by atoms with Gasteiger partial charge in [0, 0.05) is 0 Å². The molecule has 0 N–H and O–H groups in total. The van der Waals surface area contributed by atoms with Crippen molar-refractivity contribution in [2.75, 3.05) is 6.61 Å². The van der Waals surface area contributed by atoms with E-state index in [9.17, 15) is 9.59 Å². The van der Waals surface area contributed by atoms with Crippen LogP contribution >= 0.6 is 0 Å². The van der Waals surface area contributed by atoms with E-state index in [1.165, 1.54) is 24.9 Å². The van der Waals surface area contributed by atoms with Crippen LogP contribution in [0.2, 0.25) is 0 Å². The van der Waals surface area contributed by atoms with Gasteiger partial charge in [-0.25, -0.2) is 9.67 Å². The van der Waals surface area contributed by atoms with Crippen LogP contribution < -0.4 is 0 Å². The maximum absolute atomic E-state index is 12.0. The van der Waals surface area contributed by atoms with Gasteiger partial charge in [0.2, 0.25) is 0 Å². The van der Waals surface area contributed by atoms with E-state index < -0.39 is 11.4 Å². The van der Waals surface area contributed by atoms with Crippen molar-refractivity contribution >= 4 is 11.8 Å². The summed E-state index contributed by atoms with van der Waals surface area (Å²) < 4.78 is 6.06. The van der Waals surface area contributed by atoms with Gasteiger partial charge in [0.15, 0.2) is 5.78 Å². The maximum atomic E-state index is 12.0. The van der Waals surface area contributed by atoms with Crippen LogP contribution in [0.4, 0.5) is 0 Å². The zero-order valence-electron chi connectivity index (χ0n) is 10.5. The summed E-state index contributed by atoms with van der Waals surface area (Å²) in [7, 11) is 0. The molecule has 1 aromatic rings. The molecule has 0 aliphatic rings. The van der Waals surface area contributed by atoms with Crippen molar-refractivity contribution in [2.24, 2.45) is 5.41 Å². The highest BCUT2D eigenvalue weighted by atomic mass is 16.5. The first kappa shape index (κ1) is 13.8. The predicted molar refractivity (Wildman–Crippen MR) is 60.2 cm³/mol. The summed E-state index contributed by atoms with van der Waals surface area (Å²) in [6.07, 6.45) is 1.28. The van der Waals surface area contributed by atoms with E-state index in [0.717, 1.165) is 0 Å². The lowest BCUT2D eigenvalue weighted by Gasteiger charge is -2.20. The lowest BCUT2D eigenvalue weighted by Crippen LogP contribution is -2.37. The molecule has 0 radical (unpaired) electrons. The standard InChI is InChI=1S/C11H14N4O3/c1-4-18-10(17)11(2,3)8(16)6-15-7-13-9(5-12)14-15/h7H,4,6H2,1-3H3. The SMILES string of the molecule is CCOC(=O)C(C)(C)C(=O)Cn1cnc(C#N)n1. The van der Waals surface area contributed by atoms with Crippen molar-refractivity contribution in [3.63, 3.8) is 0 Å². The third-order valence-electron chi connectivity index (χ3n) is 2.42. The van der Waals surface area contributed by atoms with Gasteiger partial charge in [-0.05, 0) is 20.8 Å². The Morgan fingerprint density at radius 1 is 1.56 bits per heavy atom. The van der Waals surface area contributed by atoms with Crippen molar-refractivity contribution in [1.29, 1.82) is 5.26 Å². The van der Waals surface area contributed by atoms with Crippen molar-refractivity contribution in [3.8, 4) is 6.07 Å². The average Bonchev–Trinajstić information content (AvgIpc) is 2.77. The van der Waals surface area contributed by atoms with Crippen LogP contribution in [0.3, 0.4) is 0 Å². The molecule has 1 heterocycles. The zero-order chi connectivity index (χ0) is 13.8. The zero-order valence-corrected chi connectivity index (χ0v) is 10.5. The van der Waals surface area contributed by atoms with E-state index in [-0.39, 0.29) is 24.8 Å². The molecule has 1 aromatic heterocycles. The molecule has 0 unspecified atom stereocenters. The molecule has 0 aromatic carbocycles. The minimum Gasteiger partial charge on any atom is -0.465 e. The fourth-order valence-corrected chi connectivity index (χ4v) is 1.19. The Morgan fingerprint density at radius 2 is 2.22 bits per heavy atom. The molecule has 0 amide bonds. The highest BCUT2D eigenvalue weighted by Crippen LogP contribution is 2.19. The van der Waals surface area contributed by atoms with E-state index in [1.807, 2.05) is 0 Å². The molecule has 18 heavy (non-hydrogen) atoms. The van der Waals surface area contributed by atoms with Crippen LogP contribution in [0.1, 0.15) is 26.6 Å². The summed E-state index contributed by atoms with van der Waals surface area (Å²) in [5.41, 5.74) is -1.24. The molecule has 7 nitrogen and oxygen atoms in total. The van der Waals surface area contributed by atoms with Crippen molar-refractivity contribution in [3.05, 3.63) is 12.2 Å². The molecule has 0 saturated carbocycles. The van der Waals surface area contributed by atoms with Crippen LogP contribution in [-0.4, -0.2) is 33.1 Å². The monoisotopic (exact) mass is 250 g/mol. The Hall–Kier alpha value is -2.23. The van der Waals surface area contributed by atoms with E-state index in [1.54, 1.807) is 13.0 Å². The quantitative estimate of drug-likeness (QED) is 0.551.